The first-order chi connectivity index (χ1) is 19.3. The predicted octanol–water partition coefficient (Wildman–Crippen LogP) is 3.63. The third-order valence-corrected chi connectivity index (χ3v) is 7.77. The molecule has 1 aromatic carbocycles. The van der Waals surface area contributed by atoms with E-state index in [4.69, 9.17) is 16.9 Å². The van der Waals surface area contributed by atoms with Crippen molar-refractivity contribution in [3.8, 4) is 17.2 Å². The van der Waals surface area contributed by atoms with Crippen molar-refractivity contribution in [2.24, 2.45) is 5.92 Å². The number of nitrogens with zero attached hydrogens (tertiary/aromatic N) is 7. The number of benzene rings is 1. The number of likely N-dealkylation sites (tertiary alicyclic amines) is 1. The molecule has 4 aromatic rings. The van der Waals surface area contributed by atoms with Crippen molar-refractivity contribution in [1.29, 1.82) is 5.26 Å². The Bertz CT molecular complexity index is 1710. The number of amides is 2. The Morgan fingerprint density at radius 2 is 1.93 bits per heavy atom. The van der Waals surface area contributed by atoms with E-state index in [2.05, 4.69) is 25.4 Å². The summed E-state index contributed by atoms with van der Waals surface area (Å²) in [6.45, 7) is 1.31. The first-order valence-corrected chi connectivity index (χ1v) is 13.2. The van der Waals surface area contributed by atoms with Crippen LogP contribution in [0.4, 0.5) is 5.82 Å². The largest absolute Gasteiger partial charge is 0.326 e. The maximum Gasteiger partial charge on any atom is 0.248 e. The minimum atomic E-state index is -0.621. The highest BCUT2D eigenvalue weighted by Gasteiger charge is 2.51. The molecular formula is C28H23ClN8O3. The number of carbonyl (C=O) groups excluding carboxylic acids is 3. The van der Waals surface area contributed by atoms with Crippen molar-refractivity contribution in [1.82, 2.24) is 29.6 Å². The molecule has 0 spiro atoms. The van der Waals surface area contributed by atoms with E-state index in [-0.39, 0.29) is 52.8 Å². The highest BCUT2D eigenvalue weighted by molar-refractivity contribution is 6.29. The summed E-state index contributed by atoms with van der Waals surface area (Å²) in [6, 6.07) is 11.6. The van der Waals surface area contributed by atoms with Crippen LogP contribution in [0.5, 0.6) is 0 Å². The van der Waals surface area contributed by atoms with Crippen LogP contribution in [0, 0.1) is 17.2 Å². The van der Waals surface area contributed by atoms with Gasteiger partial charge in [-0.15, -0.1) is 0 Å². The number of ketones is 1. The molecule has 0 radical (unpaired) electrons. The molecule has 12 heteroatoms. The minimum Gasteiger partial charge on any atom is -0.326 e. The molecule has 2 bridgehead atoms. The number of carbonyl (C=O) groups is 3. The van der Waals surface area contributed by atoms with Gasteiger partial charge in [-0.3, -0.25) is 19.1 Å². The zero-order valence-corrected chi connectivity index (χ0v) is 22.2. The van der Waals surface area contributed by atoms with E-state index in [1.54, 1.807) is 47.6 Å². The first kappa shape index (κ1) is 25.6. The molecule has 40 heavy (non-hydrogen) atoms. The van der Waals surface area contributed by atoms with Gasteiger partial charge in [-0.2, -0.15) is 10.4 Å². The molecule has 3 unspecified atom stereocenters. The predicted molar refractivity (Wildman–Crippen MR) is 145 cm³/mol. The number of nitriles is 1. The zero-order chi connectivity index (χ0) is 28.0. The number of hydrogen-bond donors (Lipinski definition) is 1. The van der Waals surface area contributed by atoms with Crippen LogP contribution in [0.2, 0.25) is 5.15 Å². The maximum atomic E-state index is 13.7. The van der Waals surface area contributed by atoms with Crippen molar-refractivity contribution in [2.45, 2.75) is 44.8 Å². The summed E-state index contributed by atoms with van der Waals surface area (Å²) in [6.07, 6.45) is 5.56. The fraction of sp³-hybridized carbons (Fsp3) is 0.286. The SMILES string of the molecule is CC(=O)c1nn(CC(=O)N2C3CCC(C3)C2C(=O)Nc2cccc(Cl)n2)c2ccc(-c3cnc(C#N)nc3)cc12. The third kappa shape index (κ3) is 4.56. The van der Waals surface area contributed by atoms with Crippen LogP contribution >= 0.6 is 11.6 Å². The molecule has 6 rings (SSSR count). The van der Waals surface area contributed by atoms with Crippen molar-refractivity contribution < 1.29 is 14.4 Å². The van der Waals surface area contributed by atoms with Gasteiger partial charge in [0.1, 0.15) is 35.3 Å². The summed E-state index contributed by atoms with van der Waals surface area (Å²) in [7, 11) is 0. The van der Waals surface area contributed by atoms with Crippen molar-refractivity contribution in [3.63, 3.8) is 0 Å². The molecule has 2 fully saturated rings. The summed E-state index contributed by atoms with van der Waals surface area (Å²) in [5.41, 5.74) is 2.28. The lowest BCUT2D eigenvalue weighted by Gasteiger charge is -2.34. The Morgan fingerprint density at radius 1 is 1.12 bits per heavy atom. The standard InChI is InChI=1S/C28H23ClN8O3/c1-15(38)26-20-10-16(18-12-31-24(11-30)32-13-18)6-8-21(20)36(35-26)14-25(39)37-19-7-5-17(9-19)27(37)28(40)34-23-4-2-3-22(29)33-23/h2-4,6,8,10,12-13,17,19,27H,5,7,9,14H2,1H3,(H,33,34,40). The molecule has 1 saturated carbocycles. The molecule has 3 atom stereocenters. The molecule has 1 saturated heterocycles. The van der Waals surface area contributed by atoms with E-state index < -0.39 is 6.04 Å². The van der Waals surface area contributed by atoms with Crippen molar-refractivity contribution >= 4 is 45.9 Å². The molecule has 4 heterocycles. The fourth-order valence-electron chi connectivity index (χ4n) is 5.85. The van der Waals surface area contributed by atoms with Crippen LogP contribution in [0.3, 0.4) is 0 Å². The van der Waals surface area contributed by atoms with Crippen molar-refractivity contribution in [3.05, 3.63) is 65.5 Å². The quantitative estimate of drug-likeness (QED) is 0.281. The number of anilines is 1. The molecule has 1 aliphatic heterocycles. The average molecular weight is 555 g/mol. The monoisotopic (exact) mass is 554 g/mol. The highest BCUT2D eigenvalue weighted by atomic mass is 35.5. The number of halogens is 1. The second-order valence-electron chi connectivity index (χ2n) is 10.0. The molecular weight excluding hydrogens is 532 g/mol. The smallest absolute Gasteiger partial charge is 0.248 e. The second kappa shape index (κ2) is 10.1. The van der Waals surface area contributed by atoms with Gasteiger partial charge in [0.15, 0.2) is 5.78 Å². The number of aromatic nitrogens is 5. The van der Waals surface area contributed by atoms with Gasteiger partial charge in [-0.05, 0) is 55.0 Å². The second-order valence-corrected chi connectivity index (χ2v) is 10.4. The van der Waals surface area contributed by atoms with Crippen LogP contribution in [-0.4, -0.2) is 59.3 Å². The molecule has 11 nitrogen and oxygen atoms in total. The lowest BCUT2D eigenvalue weighted by atomic mass is 9.97. The number of pyridine rings is 1. The highest BCUT2D eigenvalue weighted by Crippen LogP contribution is 2.43. The maximum absolute atomic E-state index is 13.7. The van der Waals surface area contributed by atoms with Crippen LogP contribution in [-0.2, 0) is 16.1 Å². The molecule has 3 aromatic heterocycles. The van der Waals surface area contributed by atoms with Gasteiger partial charge < -0.3 is 10.2 Å². The van der Waals surface area contributed by atoms with Crippen LogP contribution in [0.25, 0.3) is 22.0 Å². The Morgan fingerprint density at radius 3 is 2.65 bits per heavy atom. The van der Waals surface area contributed by atoms with Crippen LogP contribution < -0.4 is 5.32 Å². The number of rotatable bonds is 6. The number of hydrogen-bond acceptors (Lipinski definition) is 8. The van der Waals surface area contributed by atoms with E-state index in [1.165, 1.54) is 11.6 Å². The van der Waals surface area contributed by atoms with E-state index >= 15 is 0 Å². The Kier molecular flexibility index (Phi) is 6.48. The van der Waals surface area contributed by atoms with Crippen molar-refractivity contribution in [2.75, 3.05) is 5.32 Å². The van der Waals surface area contributed by atoms with Crippen LogP contribution in [0.15, 0.2) is 48.8 Å². The number of piperidine rings is 1. The van der Waals surface area contributed by atoms with Gasteiger partial charge in [0.2, 0.25) is 17.6 Å². The van der Waals surface area contributed by atoms with Gasteiger partial charge in [-0.1, -0.05) is 23.7 Å². The third-order valence-electron chi connectivity index (χ3n) is 7.56. The Hall–Kier alpha value is -4.69. The lowest BCUT2D eigenvalue weighted by molar-refractivity contribution is -0.141. The normalized spacial score (nSPS) is 19.5. The summed E-state index contributed by atoms with van der Waals surface area (Å²) in [4.78, 5) is 53.4. The molecule has 2 amide bonds. The van der Waals surface area contributed by atoms with E-state index in [0.29, 0.717) is 22.3 Å². The lowest BCUT2D eigenvalue weighted by Crippen LogP contribution is -2.52. The molecule has 1 aliphatic carbocycles. The summed E-state index contributed by atoms with van der Waals surface area (Å²) in [5, 5.41) is 17.1. The summed E-state index contributed by atoms with van der Waals surface area (Å²) >= 11 is 5.97. The van der Waals surface area contributed by atoms with Gasteiger partial charge in [0.25, 0.3) is 0 Å². The number of fused-ring (bicyclic) bond motifs is 3. The first-order valence-electron chi connectivity index (χ1n) is 12.8. The zero-order valence-electron chi connectivity index (χ0n) is 21.4. The van der Waals surface area contributed by atoms with E-state index in [0.717, 1.165) is 24.8 Å². The average Bonchev–Trinajstić information content (AvgIpc) is 3.66. The summed E-state index contributed by atoms with van der Waals surface area (Å²) < 4.78 is 1.52. The summed E-state index contributed by atoms with van der Waals surface area (Å²) in [5.74, 6) is -0.314. The number of Topliss-reactive ketones (excluding diaryl/α,β-unsaturated/α-hetero) is 1. The van der Waals surface area contributed by atoms with Crippen LogP contribution in [0.1, 0.15) is 42.5 Å². The van der Waals surface area contributed by atoms with Gasteiger partial charge >= 0.3 is 0 Å². The molecule has 2 aliphatic rings. The van der Waals surface area contributed by atoms with E-state index in [9.17, 15) is 14.4 Å². The fourth-order valence-corrected chi connectivity index (χ4v) is 6.01. The van der Waals surface area contributed by atoms with Gasteiger partial charge in [0, 0.05) is 36.3 Å². The Balaban J connectivity index is 1.28. The van der Waals surface area contributed by atoms with Gasteiger partial charge in [-0.25, -0.2) is 15.0 Å². The topological polar surface area (TPSA) is 147 Å². The van der Waals surface area contributed by atoms with Gasteiger partial charge in [0.05, 0.1) is 5.52 Å². The Labute approximate surface area is 233 Å². The minimum absolute atomic E-state index is 0.0299. The van der Waals surface area contributed by atoms with E-state index in [1.807, 2.05) is 12.1 Å². The number of nitrogens with one attached hydrogen (secondary N) is 1. The molecule has 1 N–H and O–H groups in total. The molecule has 200 valence electrons.